The molecule has 1 aromatic carbocycles. The average Bonchev–Trinajstić information content (AvgIpc) is 2.37. The van der Waals surface area contributed by atoms with Crippen LogP contribution in [0.4, 0.5) is 0 Å². The second-order valence-electron chi connectivity index (χ2n) is 5.09. The molecule has 0 heterocycles. The smallest absolute Gasteiger partial charge is 0.335 e. The van der Waals surface area contributed by atoms with E-state index in [1.165, 1.54) is 38.0 Å². The molecule has 0 bridgehead atoms. The van der Waals surface area contributed by atoms with Crippen LogP contribution < -0.4 is 4.74 Å². The summed E-state index contributed by atoms with van der Waals surface area (Å²) < 4.78 is 5.39. The van der Waals surface area contributed by atoms with E-state index in [1.54, 1.807) is 25.3 Å². The van der Waals surface area contributed by atoms with Crippen molar-refractivity contribution in [2.45, 2.75) is 44.9 Å². The highest BCUT2D eigenvalue weighted by molar-refractivity contribution is 5.88. The molecule has 21 heavy (non-hydrogen) atoms. The van der Waals surface area contributed by atoms with Crippen LogP contribution in [0.1, 0.15) is 60.9 Å². The van der Waals surface area contributed by atoms with Crippen molar-refractivity contribution in [2.75, 3.05) is 7.11 Å². The Morgan fingerprint density at radius 1 is 1.05 bits per heavy atom. The lowest BCUT2D eigenvalue weighted by atomic mass is 9.85. The summed E-state index contributed by atoms with van der Waals surface area (Å²) in [6.07, 6.45) is 8.35. The maximum atomic E-state index is 11.1. The summed E-state index contributed by atoms with van der Waals surface area (Å²) in [5.74, 6) is 1.26. The number of carboxylic acid groups (broad SMARTS) is 1. The van der Waals surface area contributed by atoms with Crippen LogP contribution in [0.2, 0.25) is 0 Å². The Morgan fingerprint density at radius 3 is 2.14 bits per heavy atom. The van der Waals surface area contributed by atoms with Crippen LogP contribution in [0.5, 0.6) is 5.75 Å². The number of methoxy groups -OCH3 is 1. The second-order valence-corrected chi connectivity index (χ2v) is 5.09. The van der Waals surface area contributed by atoms with Crippen molar-refractivity contribution < 1.29 is 14.6 Å². The first kappa shape index (κ1) is 19.5. The van der Waals surface area contributed by atoms with Gasteiger partial charge >= 0.3 is 5.97 Å². The minimum Gasteiger partial charge on any atom is -0.496 e. The summed E-state index contributed by atoms with van der Waals surface area (Å²) in [6.45, 7) is 0. The number of hydrogen-bond acceptors (Lipinski definition) is 2. The van der Waals surface area contributed by atoms with Crippen molar-refractivity contribution in [3.05, 3.63) is 50.1 Å². The highest BCUT2D eigenvalue weighted by Crippen LogP contribution is 2.35. The van der Waals surface area contributed by atoms with Crippen LogP contribution in [-0.2, 0) is 0 Å². The van der Waals surface area contributed by atoms with Crippen LogP contribution in [0.15, 0.2) is 18.2 Å². The van der Waals surface area contributed by atoms with Gasteiger partial charge in [0.25, 0.3) is 0 Å². The standard InChI is InChI=1S/C16H21O3.2CH2/c1-19-15-10-9-13(16(17)18)11-14(15)12-7-5-3-2-4-6-8-12;;/h9-11H,2-8H2,1H3,(H,17,18);2*1H2. The summed E-state index contributed by atoms with van der Waals surface area (Å²) >= 11 is 0. The van der Waals surface area contributed by atoms with Crippen LogP contribution in [0.25, 0.3) is 0 Å². The first-order chi connectivity index (χ1) is 9.22. The zero-order valence-electron chi connectivity index (χ0n) is 12.9. The largest absolute Gasteiger partial charge is 0.496 e. The maximum absolute atomic E-state index is 11.1. The van der Waals surface area contributed by atoms with Gasteiger partial charge in [-0.05, 0) is 31.0 Å². The summed E-state index contributed by atoms with van der Waals surface area (Å²) in [5, 5.41) is 9.12. The molecule has 2 rings (SSSR count). The van der Waals surface area contributed by atoms with Gasteiger partial charge in [-0.1, -0.05) is 47.0 Å². The number of aromatic carboxylic acids is 1. The monoisotopic (exact) mass is 289 g/mol. The Morgan fingerprint density at radius 2 is 1.62 bits per heavy atom. The van der Waals surface area contributed by atoms with E-state index in [0.29, 0.717) is 5.56 Å². The molecule has 115 valence electrons. The van der Waals surface area contributed by atoms with Gasteiger partial charge in [0.1, 0.15) is 5.75 Å². The number of carboxylic acids is 1. The van der Waals surface area contributed by atoms with E-state index >= 15 is 0 Å². The predicted octanol–water partition coefficient (Wildman–Crippen LogP) is 4.71. The Balaban J connectivity index is 0.00000200. The van der Waals surface area contributed by atoms with Crippen molar-refractivity contribution in [2.24, 2.45) is 0 Å². The van der Waals surface area contributed by atoms with Crippen LogP contribution in [0, 0.1) is 20.8 Å². The van der Waals surface area contributed by atoms with E-state index in [1.807, 2.05) is 0 Å². The Bertz CT molecular complexity index is 432. The third-order valence-electron chi connectivity index (χ3n) is 3.78. The molecule has 1 aliphatic carbocycles. The minimum absolute atomic E-state index is 0. The molecule has 1 fully saturated rings. The summed E-state index contributed by atoms with van der Waals surface area (Å²) in [5.41, 5.74) is 1.33. The molecule has 1 aromatic rings. The lowest BCUT2D eigenvalue weighted by Gasteiger charge is -2.21. The van der Waals surface area contributed by atoms with E-state index < -0.39 is 5.97 Å². The summed E-state index contributed by atoms with van der Waals surface area (Å²) in [6, 6.07) is 5.14. The molecule has 0 atom stereocenters. The second kappa shape index (κ2) is 9.43. The van der Waals surface area contributed by atoms with Gasteiger partial charge < -0.3 is 9.84 Å². The molecular weight excluding hydrogens is 264 g/mol. The molecule has 0 aliphatic heterocycles. The molecule has 0 spiro atoms. The molecule has 0 amide bonds. The van der Waals surface area contributed by atoms with Gasteiger partial charge in [-0.3, -0.25) is 0 Å². The van der Waals surface area contributed by atoms with Gasteiger partial charge in [-0.25, -0.2) is 4.79 Å². The first-order valence-electron chi connectivity index (χ1n) is 6.99. The van der Waals surface area contributed by atoms with E-state index in [-0.39, 0.29) is 14.9 Å². The fourth-order valence-corrected chi connectivity index (χ4v) is 2.72. The molecule has 0 unspecified atom stereocenters. The third-order valence-corrected chi connectivity index (χ3v) is 3.78. The highest BCUT2D eigenvalue weighted by atomic mass is 16.5. The SMILES string of the molecule is COc1ccc(C(=O)O)cc1[C]1CCCCCCC1.[CH2].[CH2]. The quantitative estimate of drug-likeness (QED) is 0.876. The molecule has 1 saturated carbocycles. The van der Waals surface area contributed by atoms with Crippen LogP contribution in [-0.4, -0.2) is 18.2 Å². The van der Waals surface area contributed by atoms with Gasteiger partial charge in [0.15, 0.2) is 0 Å². The molecule has 3 nitrogen and oxygen atoms in total. The van der Waals surface area contributed by atoms with E-state index in [4.69, 9.17) is 9.84 Å². The molecular formula is C18H25O3. The first-order valence-corrected chi connectivity index (χ1v) is 6.99. The summed E-state index contributed by atoms with van der Waals surface area (Å²) in [7, 11) is 1.64. The maximum Gasteiger partial charge on any atom is 0.335 e. The predicted molar refractivity (Wildman–Crippen MR) is 85.3 cm³/mol. The van der Waals surface area contributed by atoms with Crippen molar-refractivity contribution in [1.82, 2.24) is 0 Å². The Labute approximate surface area is 129 Å². The molecule has 1 aliphatic rings. The van der Waals surface area contributed by atoms with Crippen molar-refractivity contribution in [3.63, 3.8) is 0 Å². The van der Waals surface area contributed by atoms with E-state index in [2.05, 4.69) is 0 Å². The van der Waals surface area contributed by atoms with Crippen molar-refractivity contribution >= 4 is 5.97 Å². The Kier molecular flexibility index (Phi) is 8.75. The third kappa shape index (κ3) is 5.07. The summed E-state index contributed by atoms with van der Waals surface area (Å²) in [4.78, 5) is 11.1. The van der Waals surface area contributed by atoms with Gasteiger partial charge in [-0.2, -0.15) is 0 Å². The number of hydrogen-bond donors (Lipinski definition) is 1. The molecule has 0 aromatic heterocycles. The lowest BCUT2D eigenvalue weighted by molar-refractivity contribution is 0.0696. The van der Waals surface area contributed by atoms with Crippen LogP contribution >= 0.6 is 0 Å². The molecule has 3 heteroatoms. The van der Waals surface area contributed by atoms with Gasteiger partial charge in [0.05, 0.1) is 12.7 Å². The molecule has 1 N–H and O–H groups in total. The molecule has 5 radical (unpaired) electrons. The van der Waals surface area contributed by atoms with Gasteiger partial charge in [0, 0.05) is 11.5 Å². The normalized spacial score (nSPS) is 15.9. The van der Waals surface area contributed by atoms with E-state index in [0.717, 1.165) is 24.2 Å². The fraction of sp³-hybridized carbons (Fsp3) is 0.444. The number of carbonyl (C=O) groups is 1. The van der Waals surface area contributed by atoms with Crippen LogP contribution in [0.3, 0.4) is 0 Å². The van der Waals surface area contributed by atoms with Crippen molar-refractivity contribution in [3.8, 4) is 5.75 Å². The average molecular weight is 289 g/mol. The molecule has 0 saturated heterocycles. The lowest BCUT2D eigenvalue weighted by Crippen LogP contribution is -2.07. The van der Waals surface area contributed by atoms with Gasteiger partial charge in [0.2, 0.25) is 0 Å². The number of ether oxygens (including phenoxy) is 1. The number of rotatable bonds is 3. The zero-order valence-corrected chi connectivity index (χ0v) is 12.9. The minimum atomic E-state index is -0.879. The van der Waals surface area contributed by atoms with E-state index in [9.17, 15) is 4.79 Å². The highest BCUT2D eigenvalue weighted by Gasteiger charge is 2.19. The fourth-order valence-electron chi connectivity index (χ4n) is 2.72. The van der Waals surface area contributed by atoms with Gasteiger partial charge in [-0.15, -0.1) is 0 Å². The van der Waals surface area contributed by atoms with Crippen molar-refractivity contribution in [1.29, 1.82) is 0 Å². The topological polar surface area (TPSA) is 46.5 Å². The Hall–Kier alpha value is -1.51. The zero-order chi connectivity index (χ0) is 13.7. The number of benzene rings is 1.